The fourth-order valence-electron chi connectivity index (χ4n) is 3.06. The lowest BCUT2D eigenvalue weighted by Crippen LogP contribution is -2.15. The topological polar surface area (TPSA) is 56.1 Å². The van der Waals surface area contributed by atoms with Gasteiger partial charge in [-0.05, 0) is 44.2 Å². The molecule has 1 amide bonds. The van der Waals surface area contributed by atoms with Crippen LogP contribution in [0.1, 0.15) is 22.5 Å². The number of ether oxygens (including phenoxy) is 1. The highest BCUT2D eigenvalue weighted by Gasteiger charge is 2.30. The predicted molar refractivity (Wildman–Crippen MR) is 103 cm³/mol. The van der Waals surface area contributed by atoms with Gasteiger partial charge in [0.1, 0.15) is 5.75 Å². The summed E-state index contributed by atoms with van der Waals surface area (Å²) in [4.78, 5) is 12.5. The first kappa shape index (κ1) is 20.4. The van der Waals surface area contributed by atoms with E-state index in [0.717, 1.165) is 12.1 Å². The zero-order chi connectivity index (χ0) is 21.2. The van der Waals surface area contributed by atoms with Crippen LogP contribution in [0.3, 0.4) is 0 Å². The summed E-state index contributed by atoms with van der Waals surface area (Å²) in [6.07, 6.45) is -4.39. The highest BCUT2D eigenvalue weighted by molar-refractivity contribution is 5.92. The van der Waals surface area contributed by atoms with E-state index in [1.54, 1.807) is 44.2 Å². The molecule has 0 spiro atoms. The van der Waals surface area contributed by atoms with Crippen molar-refractivity contribution >= 4 is 11.6 Å². The number of hydrogen-bond acceptors (Lipinski definition) is 3. The summed E-state index contributed by atoms with van der Waals surface area (Å²) in [5.41, 5.74) is 2.00. The Morgan fingerprint density at radius 3 is 2.55 bits per heavy atom. The van der Waals surface area contributed by atoms with Crippen molar-refractivity contribution in [2.24, 2.45) is 0 Å². The van der Waals surface area contributed by atoms with Crippen molar-refractivity contribution in [2.45, 2.75) is 26.4 Å². The van der Waals surface area contributed by atoms with Gasteiger partial charge in [0.2, 0.25) is 5.91 Å². The molecule has 2 aromatic carbocycles. The molecule has 0 aliphatic carbocycles. The SMILES string of the molecule is COc1cccc(NC(=O)Cc2c(C)nn(-c3cccc(C(F)(F)F)c3)c2C)c1. The maximum atomic E-state index is 13.0. The van der Waals surface area contributed by atoms with E-state index in [-0.39, 0.29) is 12.3 Å². The number of benzene rings is 2. The molecular formula is C21H20F3N3O2. The Morgan fingerprint density at radius 2 is 1.86 bits per heavy atom. The number of aryl methyl sites for hydroxylation is 1. The minimum Gasteiger partial charge on any atom is -0.497 e. The second kappa shape index (κ2) is 7.98. The number of methoxy groups -OCH3 is 1. The van der Waals surface area contributed by atoms with Crippen molar-refractivity contribution in [3.05, 3.63) is 71.0 Å². The summed E-state index contributed by atoms with van der Waals surface area (Å²) in [5.74, 6) is 0.362. The van der Waals surface area contributed by atoms with Crippen molar-refractivity contribution in [1.82, 2.24) is 9.78 Å². The predicted octanol–water partition coefficient (Wildman–Crippen LogP) is 4.70. The summed E-state index contributed by atoms with van der Waals surface area (Å²) in [7, 11) is 1.54. The average Bonchev–Trinajstić information content (AvgIpc) is 2.96. The fourth-order valence-corrected chi connectivity index (χ4v) is 3.06. The van der Waals surface area contributed by atoms with Crippen LogP contribution < -0.4 is 10.1 Å². The average molecular weight is 403 g/mol. The van der Waals surface area contributed by atoms with Gasteiger partial charge in [0.15, 0.2) is 0 Å². The van der Waals surface area contributed by atoms with Crippen LogP contribution in [0.25, 0.3) is 5.69 Å². The lowest BCUT2D eigenvalue weighted by Gasteiger charge is -2.10. The van der Waals surface area contributed by atoms with Crippen LogP contribution in [0.5, 0.6) is 5.75 Å². The van der Waals surface area contributed by atoms with Gasteiger partial charge in [0.05, 0.1) is 30.5 Å². The molecule has 0 saturated heterocycles. The van der Waals surface area contributed by atoms with Crippen LogP contribution >= 0.6 is 0 Å². The summed E-state index contributed by atoms with van der Waals surface area (Å²) in [6.45, 7) is 3.46. The van der Waals surface area contributed by atoms with Crippen LogP contribution in [0.2, 0.25) is 0 Å². The van der Waals surface area contributed by atoms with Gasteiger partial charge in [-0.2, -0.15) is 18.3 Å². The number of hydrogen-bond donors (Lipinski definition) is 1. The molecular weight excluding hydrogens is 383 g/mol. The van der Waals surface area contributed by atoms with Gasteiger partial charge in [0.25, 0.3) is 0 Å². The molecule has 5 nitrogen and oxygen atoms in total. The Morgan fingerprint density at radius 1 is 1.14 bits per heavy atom. The van der Waals surface area contributed by atoms with Crippen LogP contribution in [0.4, 0.5) is 18.9 Å². The van der Waals surface area contributed by atoms with E-state index in [1.807, 2.05) is 0 Å². The molecule has 152 valence electrons. The third kappa shape index (κ3) is 4.59. The number of anilines is 1. The number of rotatable bonds is 5. The summed E-state index contributed by atoms with van der Waals surface area (Å²) in [6, 6.07) is 11.9. The second-order valence-electron chi connectivity index (χ2n) is 6.57. The Hall–Kier alpha value is -3.29. The molecule has 3 aromatic rings. The standard InChI is InChI=1S/C21H20F3N3O2/c1-13-19(12-20(28)25-16-7-5-9-18(11-16)29-3)14(2)27(26-13)17-8-4-6-15(10-17)21(22,23)24/h4-11H,12H2,1-3H3,(H,25,28). The van der Waals surface area contributed by atoms with Crippen LogP contribution in [0, 0.1) is 13.8 Å². The first-order valence-electron chi connectivity index (χ1n) is 8.85. The molecule has 1 aromatic heterocycles. The maximum absolute atomic E-state index is 13.0. The fraction of sp³-hybridized carbons (Fsp3) is 0.238. The highest BCUT2D eigenvalue weighted by Crippen LogP contribution is 2.31. The van der Waals surface area contributed by atoms with Crippen molar-refractivity contribution in [2.75, 3.05) is 12.4 Å². The lowest BCUT2D eigenvalue weighted by molar-refractivity contribution is -0.137. The molecule has 0 fully saturated rings. The van der Waals surface area contributed by atoms with E-state index >= 15 is 0 Å². The number of carbonyl (C=O) groups is 1. The molecule has 0 saturated carbocycles. The monoisotopic (exact) mass is 403 g/mol. The zero-order valence-electron chi connectivity index (χ0n) is 16.2. The smallest absolute Gasteiger partial charge is 0.416 e. The molecule has 0 bridgehead atoms. The maximum Gasteiger partial charge on any atom is 0.416 e. The van der Waals surface area contributed by atoms with Gasteiger partial charge >= 0.3 is 6.18 Å². The summed E-state index contributed by atoms with van der Waals surface area (Å²) < 4.78 is 45.6. The van der Waals surface area contributed by atoms with E-state index in [4.69, 9.17) is 4.74 Å². The van der Waals surface area contributed by atoms with Gasteiger partial charge in [-0.1, -0.05) is 12.1 Å². The number of amides is 1. The largest absolute Gasteiger partial charge is 0.497 e. The van der Waals surface area contributed by atoms with E-state index < -0.39 is 11.7 Å². The van der Waals surface area contributed by atoms with Crippen LogP contribution in [-0.4, -0.2) is 22.8 Å². The van der Waals surface area contributed by atoms with Gasteiger partial charge in [0, 0.05) is 23.0 Å². The molecule has 0 aliphatic heterocycles. The molecule has 29 heavy (non-hydrogen) atoms. The van der Waals surface area contributed by atoms with E-state index in [0.29, 0.717) is 34.1 Å². The number of alkyl halides is 3. The lowest BCUT2D eigenvalue weighted by atomic mass is 10.1. The number of halogens is 3. The summed E-state index contributed by atoms with van der Waals surface area (Å²) >= 11 is 0. The molecule has 0 unspecified atom stereocenters. The van der Waals surface area contributed by atoms with E-state index in [1.165, 1.54) is 17.9 Å². The quantitative estimate of drug-likeness (QED) is 0.672. The van der Waals surface area contributed by atoms with Gasteiger partial charge < -0.3 is 10.1 Å². The van der Waals surface area contributed by atoms with Crippen LogP contribution in [0.15, 0.2) is 48.5 Å². The van der Waals surface area contributed by atoms with Crippen LogP contribution in [-0.2, 0) is 17.4 Å². The molecule has 8 heteroatoms. The minimum atomic E-state index is -4.44. The molecule has 3 rings (SSSR count). The summed E-state index contributed by atoms with van der Waals surface area (Å²) in [5, 5.41) is 7.13. The first-order chi connectivity index (χ1) is 13.7. The Balaban J connectivity index is 1.83. The zero-order valence-corrected chi connectivity index (χ0v) is 16.2. The third-order valence-electron chi connectivity index (χ3n) is 4.55. The van der Waals surface area contributed by atoms with Crippen molar-refractivity contribution < 1.29 is 22.7 Å². The molecule has 0 radical (unpaired) electrons. The van der Waals surface area contributed by atoms with Crippen molar-refractivity contribution in [3.63, 3.8) is 0 Å². The van der Waals surface area contributed by atoms with Gasteiger partial charge in [-0.3, -0.25) is 4.79 Å². The number of nitrogens with zero attached hydrogens (tertiary/aromatic N) is 2. The van der Waals surface area contributed by atoms with Crippen molar-refractivity contribution in [3.8, 4) is 11.4 Å². The first-order valence-corrected chi connectivity index (χ1v) is 8.85. The number of carbonyl (C=O) groups excluding carboxylic acids is 1. The Bertz CT molecular complexity index is 1040. The van der Waals surface area contributed by atoms with E-state index in [9.17, 15) is 18.0 Å². The molecule has 0 atom stereocenters. The molecule has 1 heterocycles. The third-order valence-corrected chi connectivity index (χ3v) is 4.55. The van der Waals surface area contributed by atoms with E-state index in [2.05, 4.69) is 10.4 Å². The van der Waals surface area contributed by atoms with Crippen molar-refractivity contribution in [1.29, 1.82) is 0 Å². The minimum absolute atomic E-state index is 0.0494. The highest BCUT2D eigenvalue weighted by atomic mass is 19.4. The second-order valence-corrected chi connectivity index (χ2v) is 6.57. The number of aromatic nitrogens is 2. The number of nitrogens with one attached hydrogen (secondary N) is 1. The van der Waals surface area contributed by atoms with Gasteiger partial charge in [-0.15, -0.1) is 0 Å². The van der Waals surface area contributed by atoms with Gasteiger partial charge in [-0.25, -0.2) is 4.68 Å². The molecule has 1 N–H and O–H groups in total. The molecule has 0 aliphatic rings. The Labute approximate surface area is 166 Å². The Kier molecular flexibility index (Phi) is 5.63. The normalized spacial score (nSPS) is 11.4.